The van der Waals surface area contributed by atoms with Gasteiger partial charge < -0.3 is 10.4 Å². The Hall–Kier alpha value is -2.07. The molecule has 0 radical (unpaired) electrons. The molecule has 102 valence electrons. The third kappa shape index (κ3) is 3.96. The Balaban J connectivity index is 3.28. The van der Waals surface area contributed by atoms with E-state index in [9.17, 15) is 13.2 Å². The van der Waals surface area contributed by atoms with Crippen molar-refractivity contribution in [2.24, 2.45) is 0 Å². The van der Waals surface area contributed by atoms with E-state index < -0.39 is 15.8 Å². The highest BCUT2D eigenvalue weighted by molar-refractivity contribution is 7.91. The van der Waals surface area contributed by atoms with Crippen LogP contribution in [0, 0.1) is 12.3 Å². The van der Waals surface area contributed by atoms with Crippen LogP contribution in [0.15, 0.2) is 17.2 Å². The molecule has 6 nitrogen and oxygen atoms in total. The summed E-state index contributed by atoms with van der Waals surface area (Å²) in [6, 6.07) is 2.29. The minimum atomic E-state index is -3.58. The van der Waals surface area contributed by atoms with E-state index in [1.165, 1.54) is 6.07 Å². The van der Waals surface area contributed by atoms with Crippen molar-refractivity contribution in [1.29, 1.82) is 0 Å². The number of hydrogen-bond donors (Lipinski definition) is 2. The molecule has 0 aliphatic carbocycles. The molecule has 1 heterocycles. The monoisotopic (exact) mass is 282 g/mol. The van der Waals surface area contributed by atoms with E-state index >= 15 is 0 Å². The number of carboxylic acid groups (broad SMARTS) is 1. The molecule has 1 aromatic rings. The summed E-state index contributed by atoms with van der Waals surface area (Å²) in [7, 11) is -3.58. The first-order chi connectivity index (χ1) is 8.90. The lowest BCUT2D eigenvalue weighted by Crippen LogP contribution is -2.12. The molecular weight excluding hydrogens is 268 g/mol. The number of carboxylic acids is 1. The Morgan fingerprint density at radius 3 is 2.74 bits per heavy atom. The molecule has 1 aromatic heterocycles. The molecule has 0 aliphatic rings. The Morgan fingerprint density at radius 1 is 1.53 bits per heavy atom. The lowest BCUT2D eigenvalue weighted by atomic mass is 10.2. The van der Waals surface area contributed by atoms with Gasteiger partial charge in [0, 0.05) is 0 Å². The van der Waals surface area contributed by atoms with Crippen LogP contribution < -0.4 is 5.32 Å². The van der Waals surface area contributed by atoms with E-state index in [2.05, 4.69) is 16.2 Å². The molecule has 0 fully saturated rings. The van der Waals surface area contributed by atoms with Crippen LogP contribution in [0.2, 0.25) is 0 Å². The van der Waals surface area contributed by atoms with E-state index in [1.807, 2.05) is 0 Å². The first-order valence-corrected chi connectivity index (χ1v) is 7.21. The van der Waals surface area contributed by atoms with Gasteiger partial charge in [0.05, 0.1) is 17.9 Å². The van der Waals surface area contributed by atoms with Crippen molar-refractivity contribution >= 4 is 21.6 Å². The largest absolute Gasteiger partial charge is 0.478 e. The second kappa shape index (κ2) is 6.20. The van der Waals surface area contributed by atoms with Crippen molar-refractivity contribution in [3.8, 4) is 12.3 Å². The van der Waals surface area contributed by atoms with Crippen LogP contribution in [0.25, 0.3) is 0 Å². The predicted molar refractivity (Wildman–Crippen MR) is 70.9 cm³/mol. The maximum Gasteiger partial charge on any atom is 0.335 e. The van der Waals surface area contributed by atoms with Gasteiger partial charge in [-0.25, -0.2) is 18.2 Å². The predicted octanol–water partition coefficient (Wildman–Crippen LogP) is 1.01. The van der Waals surface area contributed by atoms with Gasteiger partial charge >= 0.3 is 5.97 Å². The topological polar surface area (TPSA) is 96.4 Å². The van der Waals surface area contributed by atoms with Gasteiger partial charge in [0.1, 0.15) is 5.82 Å². The Labute approximate surface area is 111 Å². The molecular formula is C12H14N2O4S. The van der Waals surface area contributed by atoms with E-state index in [4.69, 9.17) is 11.5 Å². The highest BCUT2D eigenvalue weighted by atomic mass is 32.2. The van der Waals surface area contributed by atoms with E-state index in [1.54, 1.807) is 6.92 Å². The number of hydrogen-bond acceptors (Lipinski definition) is 5. The molecule has 19 heavy (non-hydrogen) atoms. The zero-order chi connectivity index (χ0) is 14.5. The van der Waals surface area contributed by atoms with Crippen LogP contribution in [0.4, 0.5) is 5.82 Å². The Morgan fingerprint density at radius 2 is 2.21 bits per heavy atom. The quantitative estimate of drug-likeness (QED) is 0.756. The van der Waals surface area contributed by atoms with Gasteiger partial charge in [0.15, 0.2) is 14.9 Å². The second-order valence-electron chi connectivity index (χ2n) is 3.76. The Kier molecular flexibility index (Phi) is 4.89. The smallest absolute Gasteiger partial charge is 0.335 e. The molecule has 0 saturated carbocycles. The normalized spacial score (nSPS) is 10.7. The molecule has 0 unspecified atom stereocenters. The average Bonchev–Trinajstić information content (AvgIpc) is 2.35. The molecule has 0 saturated heterocycles. The maximum absolute atomic E-state index is 11.9. The van der Waals surface area contributed by atoms with E-state index in [-0.39, 0.29) is 28.7 Å². The number of nitrogens with zero attached hydrogens (tertiary/aromatic N) is 1. The molecule has 0 amide bonds. The van der Waals surface area contributed by atoms with Crippen molar-refractivity contribution in [3.05, 3.63) is 17.7 Å². The number of aromatic nitrogens is 1. The summed E-state index contributed by atoms with van der Waals surface area (Å²) in [5, 5.41) is 11.4. The molecule has 0 spiro atoms. The summed E-state index contributed by atoms with van der Waals surface area (Å²) in [5.74, 6) is 1.12. The first-order valence-electron chi connectivity index (χ1n) is 5.56. The zero-order valence-electron chi connectivity index (χ0n) is 10.4. The summed E-state index contributed by atoms with van der Waals surface area (Å²) in [5.41, 5.74) is -0.149. The van der Waals surface area contributed by atoms with E-state index in [0.29, 0.717) is 6.42 Å². The van der Waals surface area contributed by atoms with E-state index in [0.717, 1.165) is 6.07 Å². The SMILES string of the molecule is C#CCNc1cc(C(=O)O)cc(S(=O)(=O)CCC)n1. The number of sulfone groups is 1. The average molecular weight is 282 g/mol. The lowest BCUT2D eigenvalue weighted by Gasteiger charge is -2.07. The molecule has 0 bridgehead atoms. The van der Waals surface area contributed by atoms with Crippen LogP contribution in [0.3, 0.4) is 0 Å². The van der Waals surface area contributed by atoms with Gasteiger partial charge in [-0.1, -0.05) is 12.8 Å². The van der Waals surface area contributed by atoms with Gasteiger partial charge in [-0.3, -0.25) is 0 Å². The van der Waals surface area contributed by atoms with Gasteiger partial charge in [-0.15, -0.1) is 6.42 Å². The number of terminal acetylenes is 1. The van der Waals surface area contributed by atoms with Gasteiger partial charge in [-0.05, 0) is 18.6 Å². The van der Waals surface area contributed by atoms with Crippen LogP contribution in [0.1, 0.15) is 23.7 Å². The highest BCUT2D eigenvalue weighted by Gasteiger charge is 2.18. The number of nitrogens with one attached hydrogen (secondary N) is 1. The van der Waals surface area contributed by atoms with Gasteiger partial charge in [-0.2, -0.15) is 0 Å². The lowest BCUT2D eigenvalue weighted by molar-refractivity contribution is 0.0696. The third-order valence-electron chi connectivity index (χ3n) is 2.21. The van der Waals surface area contributed by atoms with Crippen LogP contribution in [-0.4, -0.2) is 36.8 Å². The first kappa shape index (κ1) is 15.0. The standard InChI is InChI=1S/C12H14N2O4S/c1-3-5-13-10-7-9(12(15)16)8-11(14-10)19(17,18)6-4-2/h1,7-8H,4-6H2,2H3,(H,13,14)(H,15,16). The summed E-state index contributed by atoms with van der Waals surface area (Å²) in [4.78, 5) is 14.9. The molecule has 1 rings (SSSR count). The molecule has 0 aromatic carbocycles. The fourth-order valence-corrected chi connectivity index (χ4v) is 2.68. The molecule has 0 aliphatic heterocycles. The third-order valence-corrected chi connectivity index (χ3v) is 4.00. The highest BCUT2D eigenvalue weighted by Crippen LogP contribution is 2.16. The Bertz CT molecular complexity index is 617. The fraction of sp³-hybridized carbons (Fsp3) is 0.333. The number of aromatic carboxylic acids is 1. The second-order valence-corrected chi connectivity index (χ2v) is 5.82. The summed E-state index contributed by atoms with van der Waals surface area (Å²) < 4.78 is 23.8. The van der Waals surface area contributed by atoms with Crippen LogP contribution in [-0.2, 0) is 9.84 Å². The number of pyridine rings is 1. The fourth-order valence-electron chi connectivity index (χ4n) is 1.39. The molecule has 7 heteroatoms. The van der Waals surface area contributed by atoms with Crippen molar-refractivity contribution < 1.29 is 18.3 Å². The summed E-state index contributed by atoms with van der Waals surface area (Å²) in [6.07, 6.45) is 5.50. The number of carbonyl (C=O) groups is 1. The molecule has 0 atom stereocenters. The van der Waals surface area contributed by atoms with Crippen molar-refractivity contribution in [1.82, 2.24) is 4.98 Å². The van der Waals surface area contributed by atoms with Crippen LogP contribution >= 0.6 is 0 Å². The van der Waals surface area contributed by atoms with Crippen molar-refractivity contribution in [2.45, 2.75) is 18.4 Å². The number of anilines is 1. The summed E-state index contributed by atoms with van der Waals surface area (Å²) >= 11 is 0. The van der Waals surface area contributed by atoms with Crippen LogP contribution in [0.5, 0.6) is 0 Å². The van der Waals surface area contributed by atoms with Gasteiger partial charge in [0.2, 0.25) is 0 Å². The number of rotatable bonds is 6. The minimum absolute atomic E-state index is 0.0857. The minimum Gasteiger partial charge on any atom is -0.478 e. The maximum atomic E-state index is 11.9. The molecule has 2 N–H and O–H groups in total. The van der Waals surface area contributed by atoms with Gasteiger partial charge in [0.25, 0.3) is 0 Å². The zero-order valence-corrected chi connectivity index (χ0v) is 11.2. The van der Waals surface area contributed by atoms with Crippen molar-refractivity contribution in [2.75, 3.05) is 17.6 Å². The summed E-state index contributed by atoms with van der Waals surface area (Å²) in [6.45, 7) is 1.85. The van der Waals surface area contributed by atoms with Crippen molar-refractivity contribution in [3.63, 3.8) is 0 Å².